The highest BCUT2D eigenvalue weighted by Crippen LogP contribution is 2.16. The third-order valence-corrected chi connectivity index (χ3v) is 3.37. The molecule has 0 spiro atoms. The Bertz CT molecular complexity index is 441. The molecule has 1 rings (SSSR count). The van der Waals surface area contributed by atoms with Crippen LogP contribution in [0.1, 0.15) is 45.7 Å². The van der Waals surface area contributed by atoms with E-state index in [-0.39, 0.29) is 6.09 Å². The molecule has 0 radical (unpaired) electrons. The summed E-state index contributed by atoms with van der Waals surface area (Å²) in [5.74, 6) is 0. The van der Waals surface area contributed by atoms with Gasteiger partial charge in [-0.3, -0.25) is 0 Å². The monoisotopic (exact) mass is 356 g/mol. The molecule has 0 fully saturated rings. The Kier molecular flexibility index (Phi) is 7.18. The zero-order valence-corrected chi connectivity index (χ0v) is 14.8. The second kappa shape index (κ2) is 8.39. The van der Waals surface area contributed by atoms with E-state index in [1.54, 1.807) is 0 Å². The summed E-state index contributed by atoms with van der Waals surface area (Å²) in [5.41, 5.74) is 0.802. The molecule has 0 saturated heterocycles. The van der Waals surface area contributed by atoms with Crippen LogP contribution >= 0.6 is 15.9 Å². The number of halogens is 1. The number of amides is 1. The molecule has 1 atom stereocenters. The van der Waals surface area contributed by atoms with Crippen LogP contribution < -0.4 is 10.6 Å². The Morgan fingerprint density at radius 1 is 1.24 bits per heavy atom. The van der Waals surface area contributed by atoms with E-state index in [2.05, 4.69) is 45.6 Å². The molecule has 4 nitrogen and oxygen atoms in total. The Morgan fingerprint density at radius 2 is 1.86 bits per heavy atom. The second-order valence-corrected chi connectivity index (χ2v) is 6.93. The number of hydrogen-bond acceptors (Lipinski definition) is 3. The Labute approximate surface area is 135 Å². The molecule has 0 heterocycles. The van der Waals surface area contributed by atoms with Crippen molar-refractivity contribution in [3.05, 3.63) is 34.3 Å². The van der Waals surface area contributed by atoms with Gasteiger partial charge in [-0.05, 0) is 58.4 Å². The minimum absolute atomic E-state index is 0.291. The van der Waals surface area contributed by atoms with Gasteiger partial charge in [0.15, 0.2) is 0 Å². The van der Waals surface area contributed by atoms with Crippen LogP contribution in [0, 0.1) is 0 Å². The quantitative estimate of drug-likeness (QED) is 0.757. The van der Waals surface area contributed by atoms with Crippen molar-refractivity contribution in [2.75, 3.05) is 13.1 Å². The fourth-order valence-corrected chi connectivity index (χ4v) is 2.05. The highest BCUT2D eigenvalue weighted by molar-refractivity contribution is 9.10. The van der Waals surface area contributed by atoms with Crippen molar-refractivity contribution in [3.63, 3.8) is 0 Å². The van der Waals surface area contributed by atoms with Gasteiger partial charge in [-0.25, -0.2) is 4.79 Å². The van der Waals surface area contributed by atoms with E-state index in [0.29, 0.717) is 12.6 Å². The van der Waals surface area contributed by atoms with Gasteiger partial charge < -0.3 is 15.4 Å². The van der Waals surface area contributed by atoms with Gasteiger partial charge in [-0.15, -0.1) is 0 Å². The molecule has 21 heavy (non-hydrogen) atoms. The van der Waals surface area contributed by atoms with Crippen molar-refractivity contribution >= 4 is 22.0 Å². The van der Waals surface area contributed by atoms with E-state index in [1.807, 2.05) is 32.9 Å². The summed E-state index contributed by atoms with van der Waals surface area (Å²) in [6.45, 7) is 9.14. The van der Waals surface area contributed by atoms with Crippen LogP contribution in [-0.2, 0) is 4.74 Å². The molecular formula is C16H25BrN2O2. The van der Waals surface area contributed by atoms with Crippen LogP contribution in [-0.4, -0.2) is 24.8 Å². The molecule has 5 heteroatoms. The Balaban J connectivity index is 2.16. The highest BCUT2D eigenvalue weighted by Gasteiger charge is 2.15. The number of rotatable bonds is 6. The lowest BCUT2D eigenvalue weighted by Crippen LogP contribution is -2.34. The molecule has 0 saturated carbocycles. The van der Waals surface area contributed by atoms with Crippen molar-refractivity contribution in [3.8, 4) is 0 Å². The average molecular weight is 357 g/mol. The van der Waals surface area contributed by atoms with E-state index in [4.69, 9.17) is 4.74 Å². The van der Waals surface area contributed by atoms with Crippen LogP contribution in [0.2, 0.25) is 0 Å². The van der Waals surface area contributed by atoms with Crippen LogP contribution in [0.15, 0.2) is 28.7 Å². The summed E-state index contributed by atoms with van der Waals surface area (Å²) in [6, 6.07) is 8.57. The smallest absolute Gasteiger partial charge is 0.407 e. The van der Waals surface area contributed by atoms with Crippen molar-refractivity contribution in [1.82, 2.24) is 10.6 Å². The molecule has 0 aliphatic heterocycles. The molecule has 2 N–H and O–H groups in total. The molecule has 0 aliphatic rings. The average Bonchev–Trinajstić information content (AvgIpc) is 2.36. The summed E-state index contributed by atoms with van der Waals surface area (Å²) in [6.07, 6.45) is 0.503. The van der Waals surface area contributed by atoms with E-state index < -0.39 is 5.60 Å². The lowest BCUT2D eigenvalue weighted by molar-refractivity contribution is 0.0527. The van der Waals surface area contributed by atoms with Crippen molar-refractivity contribution in [2.45, 2.75) is 45.8 Å². The molecule has 0 aromatic heterocycles. The zero-order valence-electron chi connectivity index (χ0n) is 13.2. The van der Waals surface area contributed by atoms with Gasteiger partial charge >= 0.3 is 6.09 Å². The molecular weight excluding hydrogens is 332 g/mol. The topological polar surface area (TPSA) is 50.4 Å². The van der Waals surface area contributed by atoms with Gasteiger partial charge in [-0.1, -0.05) is 28.1 Å². The fraction of sp³-hybridized carbons (Fsp3) is 0.562. The van der Waals surface area contributed by atoms with Gasteiger partial charge in [-0.2, -0.15) is 0 Å². The molecule has 1 aromatic carbocycles. The maximum atomic E-state index is 11.5. The molecule has 0 unspecified atom stereocenters. The van der Waals surface area contributed by atoms with E-state index in [9.17, 15) is 4.79 Å². The molecule has 0 bridgehead atoms. The van der Waals surface area contributed by atoms with E-state index >= 15 is 0 Å². The molecule has 1 aromatic rings. The Morgan fingerprint density at radius 3 is 2.43 bits per heavy atom. The first-order valence-corrected chi connectivity index (χ1v) is 8.03. The minimum atomic E-state index is -0.446. The number of carbonyl (C=O) groups excluding carboxylic acids is 1. The number of ether oxygens (including phenoxy) is 1. The first kappa shape index (κ1) is 18.0. The first-order chi connectivity index (χ1) is 9.78. The maximum absolute atomic E-state index is 11.5. The summed E-state index contributed by atoms with van der Waals surface area (Å²) in [7, 11) is 0. The number of benzene rings is 1. The Hall–Kier alpha value is -1.07. The van der Waals surface area contributed by atoms with Crippen molar-refractivity contribution in [2.24, 2.45) is 0 Å². The summed E-state index contributed by atoms with van der Waals surface area (Å²) in [4.78, 5) is 11.5. The van der Waals surface area contributed by atoms with Crippen LogP contribution in [0.3, 0.4) is 0 Å². The van der Waals surface area contributed by atoms with E-state index in [0.717, 1.165) is 17.4 Å². The zero-order chi connectivity index (χ0) is 15.9. The maximum Gasteiger partial charge on any atom is 0.407 e. The van der Waals surface area contributed by atoms with Gasteiger partial charge in [0, 0.05) is 17.1 Å². The van der Waals surface area contributed by atoms with Crippen LogP contribution in [0.5, 0.6) is 0 Å². The molecule has 118 valence electrons. The SMILES string of the molecule is C[C@H](NCCCNC(=O)OC(C)(C)C)c1ccc(Br)cc1. The van der Waals surface area contributed by atoms with Crippen molar-refractivity contribution in [1.29, 1.82) is 0 Å². The van der Waals surface area contributed by atoms with Crippen LogP contribution in [0.4, 0.5) is 4.79 Å². The summed E-state index contributed by atoms with van der Waals surface area (Å²) >= 11 is 3.43. The van der Waals surface area contributed by atoms with E-state index in [1.165, 1.54) is 5.56 Å². The molecule has 0 aliphatic carbocycles. The second-order valence-electron chi connectivity index (χ2n) is 6.01. The number of hydrogen-bond donors (Lipinski definition) is 2. The van der Waals surface area contributed by atoms with Crippen molar-refractivity contribution < 1.29 is 9.53 Å². The first-order valence-electron chi connectivity index (χ1n) is 7.23. The number of nitrogens with one attached hydrogen (secondary N) is 2. The summed E-state index contributed by atoms with van der Waals surface area (Å²) < 4.78 is 6.25. The third-order valence-electron chi connectivity index (χ3n) is 2.84. The largest absolute Gasteiger partial charge is 0.444 e. The normalized spacial score (nSPS) is 12.8. The number of alkyl carbamates (subject to hydrolysis) is 1. The summed E-state index contributed by atoms with van der Waals surface area (Å²) in [5, 5.41) is 6.19. The highest BCUT2D eigenvalue weighted by atomic mass is 79.9. The fourth-order valence-electron chi connectivity index (χ4n) is 1.78. The predicted molar refractivity (Wildman–Crippen MR) is 89.4 cm³/mol. The minimum Gasteiger partial charge on any atom is -0.444 e. The lowest BCUT2D eigenvalue weighted by Gasteiger charge is -2.20. The van der Waals surface area contributed by atoms with Gasteiger partial charge in [0.05, 0.1) is 0 Å². The molecule has 1 amide bonds. The van der Waals surface area contributed by atoms with Gasteiger partial charge in [0.1, 0.15) is 5.60 Å². The lowest BCUT2D eigenvalue weighted by atomic mass is 10.1. The predicted octanol–water partition coefficient (Wildman–Crippen LogP) is 4.01. The van der Waals surface area contributed by atoms with Crippen LogP contribution in [0.25, 0.3) is 0 Å². The standard InChI is InChI=1S/C16H25BrN2O2/c1-12(13-6-8-14(17)9-7-13)18-10-5-11-19-15(20)21-16(2,3)4/h6-9,12,18H,5,10-11H2,1-4H3,(H,19,20)/t12-/m0/s1. The van der Waals surface area contributed by atoms with Gasteiger partial charge in [0.2, 0.25) is 0 Å². The third kappa shape index (κ3) is 8.07. The number of carbonyl (C=O) groups is 1. The van der Waals surface area contributed by atoms with Gasteiger partial charge in [0.25, 0.3) is 0 Å².